The maximum Gasteiger partial charge on any atom is 0.273 e. The summed E-state index contributed by atoms with van der Waals surface area (Å²) >= 11 is 7.06. The molecule has 1 aliphatic carbocycles. The van der Waals surface area contributed by atoms with E-state index in [0.29, 0.717) is 18.4 Å². The Hall–Kier alpha value is -2.92. The van der Waals surface area contributed by atoms with Crippen LogP contribution >= 0.6 is 31.9 Å². The first-order valence-corrected chi connectivity index (χ1v) is 12.3. The lowest BCUT2D eigenvalue weighted by atomic mass is 9.81. The summed E-state index contributed by atoms with van der Waals surface area (Å²) in [4.78, 5) is 63.4. The summed E-state index contributed by atoms with van der Waals surface area (Å²) in [7, 11) is 0. The third-order valence-electron chi connectivity index (χ3n) is 6.08. The van der Waals surface area contributed by atoms with Crippen molar-refractivity contribution in [2.75, 3.05) is 6.54 Å². The van der Waals surface area contributed by atoms with Crippen molar-refractivity contribution in [3.63, 3.8) is 0 Å². The standard InChI is InChI=1S/C23H19Br2N3O6/c24-18-10-16-17(11-19(18)25)23(32)27(22(16)31)26(12-20(29)13-4-2-1-3-5-13)21(30)14-6-8-15(9-7-14)28(33)34/h1-9,16-19H,10-12H2/t16-,17-,18-,19+/m1/s1. The minimum atomic E-state index is -0.773. The van der Waals surface area contributed by atoms with Crippen molar-refractivity contribution in [2.24, 2.45) is 11.8 Å². The minimum Gasteiger partial charge on any atom is -0.292 e. The number of halogens is 2. The van der Waals surface area contributed by atoms with E-state index in [9.17, 15) is 29.3 Å². The Labute approximate surface area is 211 Å². The van der Waals surface area contributed by atoms with E-state index in [4.69, 9.17) is 0 Å². The molecule has 0 bridgehead atoms. The topological polar surface area (TPSA) is 118 Å². The second kappa shape index (κ2) is 9.75. The first kappa shape index (κ1) is 24.2. The number of hydrogen-bond donors (Lipinski definition) is 0. The van der Waals surface area contributed by atoms with Crippen LogP contribution in [0, 0.1) is 22.0 Å². The van der Waals surface area contributed by atoms with Gasteiger partial charge in [0.25, 0.3) is 23.4 Å². The van der Waals surface area contributed by atoms with Gasteiger partial charge in [0.05, 0.1) is 16.8 Å². The van der Waals surface area contributed by atoms with E-state index in [2.05, 4.69) is 31.9 Å². The number of nitro groups is 1. The number of ketones is 1. The SMILES string of the molecule is O=C(CN(C(=O)c1ccc([N+](=O)[O-])cc1)N1C(=O)[C@@H]2C[C@@H](Br)[C@@H](Br)C[C@H]2C1=O)c1ccccc1. The Kier molecular flexibility index (Phi) is 6.94. The molecule has 11 heteroatoms. The Morgan fingerprint density at radius 1 is 0.912 bits per heavy atom. The van der Waals surface area contributed by atoms with Gasteiger partial charge in [0.2, 0.25) is 0 Å². The third-order valence-corrected chi connectivity index (χ3v) is 8.81. The van der Waals surface area contributed by atoms with Crippen LogP contribution < -0.4 is 0 Å². The smallest absolute Gasteiger partial charge is 0.273 e. The number of imide groups is 1. The van der Waals surface area contributed by atoms with E-state index in [1.807, 2.05) is 0 Å². The number of carbonyl (C=O) groups excluding carboxylic acids is 4. The molecule has 0 spiro atoms. The zero-order chi connectivity index (χ0) is 24.6. The van der Waals surface area contributed by atoms with Gasteiger partial charge in [-0.05, 0) is 25.0 Å². The monoisotopic (exact) mass is 591 g/mol. The van der Waals surface area contributed by atoms with Gasteiger partial charge in [0, 0.05) is 32.9 Å². The molecule has 176 valence electrons. The lowest BCUT2D eigenvalue weighted by Gasteiger charge is -2.30. The maximum atomic E-state index is 13.4. The first-order chi connectivity index (χ1) is 16.2. The summed E-state index contributed by atoms with van der Waals surface area (Å²) in [5, 5.41) is 12.6. The Bertz CT molecular complexity index is 1130. The maximum absolute atomic E-state index is 13.4. The summed E-state index contributed by atoms with van der Waals surface area (Å²) < 4.78 is 0. The van der Waals surface area contributed by atoms with Crippen LogP contribution in [0.15, 0.2) is 54.6 Å². The van der Waals surface area contributed by atoms with Crippen molar-refractivity contribution in [2.45, 2.75) is 22.5 Å². The van der Waals surface area contributed by atoms with E-state index in [0.717, 1.165) is 22.2 Å². The van der Waals surface area contributed by atoms with Crippen LogP contribution in [0.4, 0.5) is 5.69 Å². The summed E-state index contributed by atoms with van der Waals surface area (Å²) in [6.07, 6.45) is 0.821. The molecule has 1 saturated heterocycles. The second-order valence-corrected chi connectivity index (χ2v) is 10.5. The molecule has 2 aromatic rings. The van der Waals surface area contributed by atoms with E-state index < -0.39 is 46.8 Å². The number of hydrazine groups is 1. The lowest BCUT2D eigenvalue weighted by Crippen LogP contribution is -2.52. The van der Waals surface area contributed by atoms with Crippen LogP contribution in [0.25, 0.3) is 0 Å². The molecule has 1 heterocycles. The normalized spacial score (nSPS) is 24.0. The summed E-state index contributed by atoms with van der Waals surface area (Å²) in [5.41, 5.74) is 0.120. The second-order valence-electron chi connectivity index (χ2n) is 8.16. The van der Waals surface area contributed by atoms with Gasteiger partial charge in [-0.2, -0.15) is 5.01 Å². The predicted molar refractivity (Wildman–Crippen MR) is 128 cm³/mol. The molecule has 0 radical (unpaired) electrons. The van der Waals surface area contributed by atoms with Crippen LogP contribution in [0.3, 0.4) is 0 Å². The highest BCUT2D eigenvalue weighted by atomic mass is 79.9. The molecule has 4 atom stereocenters. The molecule has 9 nitrogen and oxygen atoms in total. The number of amides is 3. The molecule has 0 unspecified atom stereocenters. The van der Waals surface area contributed by atoms with Crippen molar-refractivity contribution >= 4 is 61.1 Å². The Morgan fingerprint density at radius 3 is 1.94 bits per heavy atom. The molecule has 0 aromatic heterocycles. The zero-order valence-electron chi connectivity index (χ0n) is 17.7. The summed E-state index contributed by atoms with van der Waals surface area (Å²) in [6, 6.07) is 13.0. The number of rotatable bonds is 6. The fourth-order valence-corrected chi connectivity index (χ4v) is 5.51. The van der Waals surface area contributed by atoms with Crippen LogP contribution in [0.5, 0.6) is 0 Å². The van der Waals surface area contributed by atoms with Gasteiger partial charge < -0.3 is 0 Å². The van der Waals surface area contributed by atoms with Gasteiger partial charge in [-0.3, -0.25) is 29.3 Å². The highest BCUT2D eigenvalue weighted by molar-refractivity contribution is 9.12. The molecule has 2 fully saturated rings. The van der Waals surface area contributed by atoms with Crippen LogP contribution in [0.2, 0.25) is 0 Å². The van der Waals surface area contributed by atoms with Crippen LogP contribution in [0.1, 0.15) is 33.6 Å². The van der Waals surface area contributed by atoms with Crippen molar-refractivity contribution in [3.8, 4) is 0 Å². The number of carbonyl (C=O) groups is 4. The molecule has 1 aliphatic heterocycles. The average molecular weight is 593 g/mol. The number of Topliss-reactive ketones (excluding diaryl/α,β-unsaturated/α-hetero) is 1. The number of hydrogen-bond acceptors (Lipinski definition) is 6. The van der Waals surface area contributed by atoms with Gasteiger partial charge in [0.1, 0.15) is 6.54 Å². The molecule has 0 N–H and O–H groups in total. The molecular weight excluding hydrogens is 574 g/mol. The number of non-ortho nitro benzene ring substituents is 1. The zero-order valence-corrected chi connectivity index (χ0v) is 20.8. The minimum absolute atomic E-state index is 0.0127. The van der Waals surface area contributed by atoms with Gasteiger partial charge in [-0.25, -0.2) is 5.01 Å². The number of nitro benzene ring substituents is 1. The van der Waals surface area contributed by atoms with Gasteiger partial charge >= 0.3 is 0 Å². The third kappa shape index (κ3) is 4.54. The van der Waals surface area contributed by atoms with Crippen molar-refractivity contribution in [3.05, 3.63) is 75.8 Å². The van der Waals surface area contributed by atoms with Gasteiger partial charge in [-0.1, -0.05) is 62.2 Å². The lowest BCUT2D eigenvalue weighted by molar-refractivity contribution is -0.384. The van der Waals surface area contributed by atoms with Crippen molar-refractivity contribution in [1.29, 1.82) is 0 Å². The van der Waals surface area contributed by atoms with E-state index >= 15 is 0 Å². The highest BCUT2D eigenvalue weighted by Crippen LogP contribution is 2.43. The number of nitrogens with zero attached hydrogens (tertiary/aromatic N) is 3. The number of fused-ring (bicyclic) bond motifs is 1. The molecular formula is C23H19Br2N3O6. The predicted octanol–water partition coefficient (Wildman–Crippen LogP) is 3.76. The molecule has 4 rings (SSSR count). The quantitative estimate of drug-likeness (QED) is 0.166. The Morgan fingerprint density at radius 2 is 1.44 bits per heavy atom. The van der Waals surface area contributed by atoms with Crippen LogP contribution in [-0.4, -0.2) is 54.6 Å². The Balaban J connectivity index is 1.69. The van der Waals surface area contributed by atoms with Gasteiger partial charge in [0.15, 0.2) is 5.78 Å². The van der Waals surface area contributed by atoms with E-state index in [-0.39, 0.29) is 20.9 Å². The summed E-state index contributed by atoms with van der Waals surface area (Å²) in [6.45, 7) is -0.535. The number of benzene rings is 2. The van der Waals surface area contributed by atoms with Crippen molar-refractivity contribution < 1.29 is 24.1 Å². The fourth-order valence-electron chi connectivity index (χ4n) is 4.28. The molecule has 1 saturated carbocycles. The van der Waals surface area contributed by atoms with Crippen LogP contribution in [-0.2, 0) is 9.59 Å². The fraction of sp³-hybridized carbons (Fsp3) is 0.304. The molecule has 2 aliphatic rings. The van der Waals surface area contributed by atoms with Gasteiger partial charge in [-0.15, -0.1) is 0 Å². The van der Waals surface area contributed by atoms with E-state index in [1.165, 1.54) is 12.1 Å². The molecule has 34 heavy (non-hydrogen) atoms. The number of alkyl halides is 2. The average Bonchev–Trinajstić information content (AvgIpc) is 3.07. The first-order valence-electron chi connectivity index (χ1n) is 10.5. The largest absolute Gasteiger partial charge is 0.292 e. The molecule has 3 amide bonds. The van der Waals surface area contributed by atoms with Crippen molar-refractivity contribution in [1.82, 2.24) is 10.0 Å². The van der Waals surface area contributed by atoms with E-state index in [1.54, 1.807) is 30.3 Å². The molecule has 2 aromatic carbocycles. The highest BCUT2D eigenvalue weighted by Gasteiger charge is 2.54. The summed E-state index contributed by atoms with van der Waals surface area (Å²) in [5.74, 6) is -3.51.